The molecule has 0 saturated carbocycles. The Kier molecular flexibility index (Phi) is 1.42. The van der Waals surface area contributed by atoms with Gasteiger partial charge >= 0.3 is 0 Å². The number of allylic oxidation sites excluding steroid dienone is 3. The molecular weight excluding hydrogens is 192 g/mol. The summed E-state index contributed by atoms with van der Waals surface area (Å²) in [7, 11) is 0. The highest BCUT2D eigenvalue weighted by molar-refractivity contribution is 5.79. The van der Waals surface area contributed by atoms with Crippen LogP contribution >= 0.6 is 0 Å². The minimum Gasteiger partial charge on any atom is -0.258 e. The first-order chi connectivity index (χ1) is 7.27. The summed E-state index contributed by atoms with van der Waals surface area (Å²) in [6.07, 6.45) is 5.68. The molecule has 0 radical (unpaired) electrons. The van der Waals surface area contributed by atoms with Crippen molar-refractivity contribution in [2.45, 2.75) is 0 Å². The SMILES string of the molecule is O=[N+]([O-])c1cccc2c1=NC1=CC=CC=21. The maximum Gasteiger partial charge on any atom is 0.295 e. The highest BCUT2D eigenvalue weighted by atomic mass is 16.6. The van der Waals surface area contributed by atoms with E-state index in [1.807, 2.05) is 24.3 Å². The molecule has 0 fully saturated rings. The van der Waals surface area contributed by atoms with Crippen molar-refractivity contribution in [2.24, 2.45) is 4.99 Å². The number of para-hydroxylation sites is 1. The Labute approximate surface area is 84.7 Å². The predicted octanol–water partition coefficient (Wildman–Crippen LogP) is 0.832. The van der Waals surface area contributed by atoms with E-state index in [4.69, 9.17) is 0 Å². The van der Waals surface area contributed by atoms with Crippen LogP contribution in [0.4, 0.5) is 5.69 Å². The molecule has 4 heteroatoms. The van der Waals surface area contributed by atoms with Gasteiger partial charge in [-0.25, -0.2) is 4.99 Å². The summed E-state index contributed by atoms with van der Waals surface area (Å²) in [5.41, 5.74) is 1.87. The van der Waals surface area contributed by atoms with E-state index in [0.29, 0.717) is 5.36 Å². The Bertz CT molecular complexity index is 654. The second-order valence-corrected chi connectivity index (χ2v) is 3.37. The van der Waals surface area contributed by atoms with Crippen LogP contribution in [-0.4, -0.2) is 4.92 Å². The fourth-order valence-electron chi connectivity index (χ4n) is 1.87. The first kappa shape index (κ1) is 8.11. The van der Waals surface area contributed by atoms with Crippen LogP contribution in [0.1, 0.15) is 0 Å². The largest absolute Gasteiger partial charge is 0.295 e. The molecule has 2 aliphatic rings. The monoisotopic (exact) mass is 198 g/mol. The molecule has 0 unspecified atom stereocenters. The smallest absolute Gasteiger partial charge is 0.258 e. The van der Waals surface area contributed by atoms with Crippen molar-refractivity contribution in [1.29, 1.82) is 0 Å². The van der Waals surface area contributed by atoms with Crippen molar-refractivity contribution < 1.29 is 4.92 Å². The molecule has 1 aromatic rings. The summed E-state index contributed by atoms with van der Waals surface area (Å²) in [6, 6.07) is 5.03. The van der Waals surface area contributed by atoms with Crippen LogP contribution < -0.4 is 10.6 Å². The molecule has 0 spiro atoms. The number of hydrogen-bond acceptors (Lipinski definition) is 3. The molecule has 0 aromatic heterocycles. The van der Waals surface area contributed by atoms with Gasteiger partial charge in [0.15, 0.2) is 0 Å². The fraction of sp³-hybridized carbons (Fsp3) is 0. The molecule has 1 aliphatic heterocycles. The van der Waals surface area contributed by atoms with Crippen LogP contribution in [0.5, 0.6) is 0 Å². The number of hydrogen-bond donors (Lipinski definition) is 0. The highest BCUT2D eigenvalue weighted by Crippen LogP contribution is 2.21. The minimum absolute atomic E-state index is 0.0729. The second kappa shape index (κ2) is 2.63. The number of fused-ring (bicyclic) bond motifs is 2. The van der Waals surface area contributed by atoms with E-state index < -0.39 is 4.92 Å². The number of non-ortho nitro benzene ring substituents is 1. The molecule has 15 heavy (non-hydrogen) atoms. The number of nitro benzene ring substituents is 1. The summed E-state index contributed by atoms with van der Waals surface area (Å²) in [5.74, 6) is 0. The fourth-order valence-corrected chi connectivity index (χ4v) is 1.87. The van der Waals surface area contributed by atoms with Crippen molar-refractivity contribution in [2.75, 3.05) is 0 Å². The number of nitro groups is 1. The Hall–Kier alpha value is -2.23. The van der Waals surface area contributed by atoms with E-state index in [1.165, 1.54) is 6.07 Å². The zero-order valence-corrected chi connectivity index (χ0v) is 7.68. The number of nitrogens with zero attached hydrogens (tertiary/aromatic N) is 2. The molecule has 0 N–H and O–H groups in total. The third kappa shape index (κ3) is 0.985. The molecular formula is C11H6N2O2. The van der Waals surface area contributed by atoms with Crippen molar-refractivity contribution in [3.63, 3.8) is 0 Å². The Morgan fingerprint density at radius 1 is 1.33 bits per heavy atom. The van der Waals surface area contributed by atoms with Gasteiger partial charge in [0.1, 0.15) is 5.36 Å². The number of benzene rings is 1. The van der Waals surface area contributed by atoms with Crippen molar-refractivity contribution in [3.8, 4) is 0 Å². The third-order valence-corrected chi connectivity index (χ3v) is 2.53. The van der Waals surface area contributed by atoms with E-state index in [9.17, 15) is 10.1 Å². The topological polar surface area (TPSA) is 55.5 Å². The van der Waals surface area contributed by atoms with E-state index in [2.05, 4.69) is 4.99 Å². The molecule has 0 saturated heterocycles. The zero-order valence-electron chi connectivity index (χ0n) is 7.68. The molecule has 1 aliphatic carbocycles. The first-order valence-corrected chi connectivity index (χ1v) is 4.52. The van der Waals surface area contributed by atoms with Gasteiger partial charge in [-0.05, 0) is 6.08 Å². The van der Waals surface area contributed by atoms with Crippen LogP contribution in [0.2, 0.25) is 0 Å². The lowest BCUT2D eigenvalue weighted by Gasteiger charge is -1.89. The van der Waals surface area contributed by atoms with Crippen LogP contribution in [0.15, 0.2) is 47.1 Å². The van der Waals surface area contributed by atoms with Gasteiger partial charge in [-0.15, -0.1) is 0 Å². The summed E-state index contributed by atoms with van der Waals surface area (Å²) in [5, 5.41) is 12.1. The standard InChI is InChI=1S/C11H6N2O2/c14-13(15)10-6-2-4-8-7-3-1-5-9(7)12-11(8)10/h1-6H. The first-order valence-electron chi connectivity index (χ1n) is 4.52. The average molecular weight is 198 g/mol. The average Bonchev–Trinajstić information content (AvgIpc) is 2.75. The maximum absolute atomic E-state index is 10.8. The molecule has 0 amide bonds. The molecule has 3 rings (SSSR count). The normalized spacial score (nSPS) is 15.7. The van der Waals surface area contributed by atoms with Crippen molar-refractivity contribution in [3.05, 3.63) is 62.8 Å². The molecule has 4 nitrogen and oxygen atoms in total. The van der Waals surface area contributed by atoms with E-state index in [0.717, 1.165) is 16.5 Å². The van der Waals surface area contributed by atoms with Crippen LogP contribution in [-0.2, 0) is 0 Å². The highest BCUT2D eigenvalue weighted by Gasteiger charge is 2.19. The van der Waals surface area contributed by atoms with E-state index in [-0.39, 0.29) is 5.69 Å². The van der Waals surface area contributed by atoms with E-state index >= 15 is 0 Å². The van der Waals surface area contributed by atoms with Gasteiger partial charge < -0.3 is 0 Å². The van der Waals surface area contributed by atoms with Gasteiger partial charge in [-0.3, -0.25) is 10.1 Å². The van der Waals surface area contributed by atoms with E-state index in [1.54, 1.807) is 6.07 Å². The lowest BCUT2D eigenvalue weighted by atomic mass is 10.1. The van der Waals surface area contributed by atoms with Gasteiger partial charge in [-0.2, -0.15) is 0 Å². The molecule has 72 valence electrons. The predicted molar refractivity (Wildman–Crippen MR) is 54.5 cm³/mol. The molecule has 1 heterocycles. The van der Waals surface area contributed by atoms with Crippen LogP contribution in [0.3, 0.4) is 0 Å². The second-order valence-electron chi connectivity index (χ2n) is 3.37. The summed E-state index contributed by atoms with van der Waals surface area (Å²) < 4.78 is 0. The van der Waals surface area contributed by atoms with Gasteiger partial charge in [0.25, 0.3) is 5.69 Å². The van der Waals surface area contributed by atoms with Crippen molar-refractivity contribution in [1.82, 2.24) is 0 Å². The van der Waals surface area contributed by atoms with Gasteiger partial charge in [0, 0.05) is 16.9 Å². The lowest BCUT2D eigenvalue weighted by molar-refractivity contribution is -0.386. The van der Waals surface area contributed by atoms with Gasteiger partial charge in [-0.1, -0.05) is 24.3 Å². The molecule has 0 atom stereocenters. The summed E-state index contributed by atoms with van der Waals surface area (Å²) in [4.78, 5) is 14.6. The minimum atomic E-state index is -0.395. The van der Waals surface area contributed by atoms with Crippen LogP contribution in [0.25, 0.3) is 5.57 Å². The van der Waals surface area contributed by atoms with Crippen LogP contribution in [0, 0.1) is 10.1 Å². The van der Waals surface area contributed by atoms with Gasteiger partial charge in [0.05, 0.1) is 10.6 Å². The van der Waals surface area contributed by atoms with Crippen molar-refractivity contribution >= 4 is 11.3 Å². The molecule has 1 aromatic carbocycles. The maximum atomic E-state index is 10.8. The number of rotatable bonds is 1. The lowest BCUT2D eigenvalue weighted by Crippen LogP contribution is -2.25. The molecule has 0 bridgehead atoms. The third-order valence-electron chi connectivity index (χ3n) is 2.53. The summed E-state index contributed by atoms with van der Waals surface area (Å²) >= 11 is 0. The van der Waals surface area contributed by atoms with Gasteiger partial charge in [0.2, 0.25) is 0 Å². The Morgan fingerprint density at radius 2 is 2.20 bits per heavy atom. The Morgan fingerprint density at radius 3 is 3.00 bits per heavy atom. The summed E-state index contributed by atoms with van der Waals surface area (Å²) in [6.45, 7) is 0. The Balaban J connectivity index is 2.49. The quantitative estimate of drug-likeness (QED) is 0.495. The zero-order chi connectivity index (χ0) is 10.4.